The normalized spacial score (nSPS) is 26.6. The number of hydrogen-bond acceptors (Lipinski definition) is 6. The number of methoxy groups -OCH3 is 2. The fraction of sp³-hybridized carbons (Fsp3) is 0.548. The van der Waals surface area contributed by atoms with E-state index in [2.05, 4.69) is 20.1 Å². The van der Waals surface area contributed by atoms with Gasteiger partial charge in [-0.25, -0.2) is 4.79 Å². The SMILES string of the molecule is C=CCC/C(C)=C(\C(=O)O)[C@@H]1C[C@@H](CC[C@H](C)C=C)O[C@@](OC)([C@@H]2CSC(=O)N2Cc2ccc(OC)cc2)C1. The van der Waals surface area contributed by atoms with E-state index in [1.54, 1.807) is 14.2 Å². The van der Waals surface area contributed by atoms with Crippen LogP contribution in [0.1, 0.15) is 57.9 Å². The van der Waals surface area contributed by atoms with Crippen LogP contribution in [0.2, 0.25) is 0 Å². The molecule has 0 aliphatic carbocycles. The first-order chi connectivity index (χ1) is 18.7. The molecule has 1 aromatic carbocycles. The Balaban J connectivity index is 1.98. The van der Waals surface area contributed by atoms with Gasteiger partial charge in [0.15, 0.2) is 5.79 Å². The lowest BCUT2D eigenvalue weighted by atomic mass is 9.78. The van der Waals surface area contributed by atoms with Crippen molar-refractivity contribution >= 4 is 23.0 Å². The summed E-state index contributed by atoms with van der Waals surface area (Å²) in [5.74, 6) is -0.735. The maximum absolute atomic E-state index is 13.1. The molecule has 2 aliphatic heterocycles. The molecule has 1 aromatic rings. The van der Waals surface area contributed by atoms with Gasteiger partial charge in [-0.2, -0.15) is 0 Å². The summed E-state index contributed by atoms with van der Waals surface area (Å²) in [6, 6.07) is 7.29. The molecule has 0 unspecified atom stereocenters. The van der Waals surface area contributed by atoms with Crippen LogP contribution in [0.4, 0.5) is 4.79 Å². The van der Waals surface area contributed by atoms with Gasteiger partial charge in [-0.1, -0.05) is 48.5 Å². The van der Waals surface area contributed by atoms with Gasteiger partial charge in [0.1, 0.15) is 5.75 Å². The zero-order chi connectivity index (χ0) is 28.6. The molecule has 0 radical (unpaired) electrons. The highest BCUT2D eigenvalue weighted by molar-refractivity contribution is 8.13. The van der Waals surface area contributed by atoms with E-state index in [4.69, 9.17) is 14.2 Å². The minimum atomic E-state index is -1.13. The van der Waals surface area contributed by atoms with E-state index in [1.165, 1.54) is 11.8 Å². The zero-order valence-electron chi connectivity index (χ0n) is 23.7. The van der Waals surface area contributed by atoms with E-state index in [0.29, 0.717) is 49.5 Å². The maximum atomic E-state index is 13.1. The second-order valence-corrected chi connectivity index (χ2v) is 11.5. The van der Waals surface area contributed by atoms with Crippen LogP contribution < -0.4 is 4.74 Å². The molecule has 214 valence electrons. The fourth-order valence-electron chi connectivity index (χ4n) is 5.64. The highest BCUT2D eigenvalue weighted by Gasteiger charge is 2.54. The number of nitrogens with zero attached hydrogens (tertiary/aromatic N) is 1. The molecule has 0 spiro atoms. The number of carboxylic acids is 1. The van der Waals surface area contributed by atoms with Crippen LogP contribution in [0.5, 0.6) is 5.75 Å². The summed E-state index contributed by atoms with van der Waals surface area (Å²) in [4.78, 5) is 27.5. The minimum Gasteiger partial charge on any atom is -0.497 e. The molecule has 0 bridgehead atoms. The van der Waals surface area contributed by atoms with E-state index >= 15 is 0 Å². The Hall–Kier alpha value is -2.55. The Morgan fingerprint density at radius 1 is 1.31 bits per heavy atom. The third-order valence-electron chi connectivity index (χ3n) is 7.95. The van der Waals surface area contributed by atoms with E-state index < -0.39 is 11.8 Å². The van der Waals surface area contributed by atoms with E-state index in [1.807, 2.05) is 48.2 Å². The van der Waals surface area contributed by atoms with Gasteiger partial charge in [-0.3, -0.25) is 4.79 Å². The van der Waals surface area contributed by atoms with Crippen LogP contribution in [0.15, 0.2) is 60.7 Å². The number of carbonyl (C=O) groups is 2. The Morgan fingerprint density at radius 2 is 2.03 bits per heavy atom. The second-order valence-electron chi connectivity index (χ2n) is 10.6. The van der Waals surface area contributed by atoms with Crippen molar-refractivity contribution in [3.63, 3.8) is 0 Å². The first-order valence-electron chi connectivity index (χ1n) is 13.6. The van der Waals surface area contributed by atoms with Crippen molar-refractivity contribution in [3.8, 4) is 5.75 Å². The van der Waals surface area contributed by atoms with Crippen LogP contribution in [0, 0.1) is 11.8 Å². The number of amides is 1. The van der Waals surface area contributed by atoms with Gasteiger partial charge in [0, 0.05) is 31.4 Å². The number of benzene rings is 1. The highest BCUT2D eigenvalue weighted by atomic mass is 32.2. The van der Waals surface area contributed by atoms with Gasteiger partial charge in [0.05, 0.1) is 19.3 Å². The number of carbonyl (C=O) groups excluding carboxylic acids is 1. The van der Waals surface area contributed by atoms with Gasteiger partial charge in [-0.05, 0) is 68.6 Å². The number of carboxylic acid groups (broad SMARTS) is 1. The Labute approximate surface area is 237 Å². The topological polar surface area (TPSA) is 85.3 Å². The monoisotopic (exact) mass is 557 g/mol. The van der Waals surface area contributed by atoms with Crippen LogP contribution in [-0.2, 0) is 20.8 Å². The minimum absolute atomic E-state index is 0.0361. The standard InChI is InChI=1S/C31H43NO6S/c1-7-9-10-22(4)28(29(33)34)24-17-26(14-11-21(3)8-2)38-31(18-24,37-6)27-20-39-30(35)32(27)19-23-12-15-25(36-5)16-13-23/h7-8,12-13,15-16,21,24,26-27H,1-2,9-11,14,17-20H2,3-6H3,(H,33,34)/b28-22-/t21-,24-,26-,27+,31-/m1/s1. The number of thioether (sulfide) groups is 1. The van der Waals surface area contributed by atoms with Gasteiger partial charge < -0.3 is 24.2 Å². The molecule has 2 saturated heterocycles. The Bertz CT molecular complexity index is 1050. The summed E-state index contributed by atoms with van der Waals surface area (Å²) in [5, 5.41) is 10.3. The quantitative estimate of drug-likeness (QED) is 0.198. The van der Waals surface area contributed by atoms with Crippen molar-refractivity contribution in [1.82, 2.24) is 4.90 Å². The molecule has 5 atom stereocenters. The molecular formula is C31H43NO6S. The second kappa shape index (κ2) is 14.2. The van der Waals surface area contributed by atoms with Crippen molar-refractivity contribution in [3.05, 3.63) is 66.3 Å². The summed E-state index contributed by atoms with van der Waals surface area (Å²) >= 11 is 1.25. The number of rotatable bonds is 14. The van der Waals surface area contributed by atoms with E-state index in [-0.39, 0.29) is 23.3 Å². The molecular weight excluding hydrogens is 514 g/mol. The first-order valence-corrected chi connectivity index (χ1v) is 14.6. The van der Waals surface area contributed by atoms with Crippen molar-refractivity contribution < 1.29 is 28.9 Å². The smallest absolute Gasteiger partial charge is 0.331 e. The van der Waals surface area contributed by atoms with Crippen molar-refractivity contribution in [2.24, 2.45) is 11.8 Å². The maximum Gasteiger partial charge on any atom is 0.331 e. The average molecular weight is 558 g/mol. The highest BCUT2D eigenvalue weighted by Crippen LogP contribution is 2.46. The zero-order valence-corrected chi connectivity index (χ0v) is 24.5. The van der Waals surface area contributed by atoms with Crippen molar-refractivity contribution in [2.75, 3.05) is 20.0 Å². The number of hydrogen-bond donors (Lipinski definition) is 1. The van der Waals surface area contributed by atoms with Gasteiger partial charge >= 0.3 is 5.97 Å². The van der Waals surface area contributed by atoms with E-state index in [0.717, 1.165) is 29.7 Å². The molecule has 7 nitrogen and oxygen atoms in total. The third-order valence-corrected chi connectivity index (χ3v) is 8.92. The summed E-state index contributed by atoms with van der Waals surface area (Å²) in [6.07, 6.45) is 7.45. The fourth-order valence-corrected chi connectivity index (χ4v) is 6.74. The number of allylic oxidation sites excluding steroid dienone is 3. The Kier molecular flexibility index (Phi) is 11.3. The van der Waals surface area contributed by atoms with Crippen LogP contribution in [0.3, 0.4) is 0 Å². The molecule has 3 rings (SSSR count). The molecule has 2 aliphatic rings. The average Bonchev–Trinajstić information content (AvgIpc) is 3.30. The Morgan fingerprint density at radius 3 is 2.62 bits per heavy atom. The predicted octanol–water partition coefficient (Wildman–Crippen LogP) is 6.84. The molecule has 39 heavy (non-hydrogen) atoms. The molecule has 0 saturated carbocycles. The molecule has 1 amide bonds. The summed E-state index contributed by atoms with van der Waals surface area (Å²) in [6.45, 7) is 12.1. The van der Waals surface area contributed by atoms with Crippen molar-refractivity contribution in [1.29, 1.82) is 0 Å². The van der Waals surface area contributed by atoms with Gasteiger partial charge in [0.2, 0.25) is 0 Å². The molecule has 2 fully saturated rings. The van der Waals surface area contributed by atoms with Gasteiger partial charge in [0.25, 0.3) is 5.24 Å². The lowest BCUT2D eigenvalue weighted by Gasteiger charge is -2.49. The van der Waals surface area contributed by atoms with Gasteiger partial charge in [-0.15, -0.1) is 13.2 Å². The van der Waals surface area contributed by atoms with E-state index in [9.17, 15) is 14.7 Å². The predicted molar refractivity (Wildman–Crippen MR) is 156 cm³/mol. The number of aliphatic carboxylic acids is 1. The third kappa shape index (κ3) is 7.56. The van der Waals surface area contributed by atoms with Crippen LogP contribution in [-0.4, -0.2) is 59.1 Å². The lowest BCUT2D eigenvalue weighted by molar-refractivity contribution is -0.297. The molecule has 2 heterocycles. The summed E-state index contributed by atoms with van der Waals surface area (Å²) < 4.78 is 18.2. The summed E-state index contributed by atoms with van der Waals surface area (Å²) in [5.41, 5.74) is 2.25. The molecule has 1 N–H and O–H groups in total. The lowest BCUT2D eigenvalue weighted by Crippen LogP contribution is -2.59. The molecule has 8 heteroatoms. The van der Waals surface area contributed by atoms with Crippen molar-refractivity contribution in [2.45, 2.75) is 76.9 Å². The van der Waals surface area contributed by atoms with Crippen LogP contribution >= 0.6 is 11.8 Å². The summed E-state index contributed by atoms with van der Waals surface area (Å²) in [7, 11) is 3.23. The van der Waals surface area contributed by atoms with Crippen LogP contribution in [0.25, 0.3) is 0 Å². The molecule has 0 aromatic heterocycles. The number of ether oxygens (including phenoxy) is 3. The first kappa shape index (κ1) is 31.0. The largest absolute Gasteiger partial charge is 0.497 e.